The predicted molar refractivity (Wildman–Crippen MR) is 84.2 cm³/mol. The summed E-state index contributed by atoms with van der Waals surface area (Å²) in [6.45, 7) is 0.0550. The molecule has 0 aliphatic rings. The van der Waals surface area contributed by atoms with Crippen LogP contribution in [0, 0.1) is 0 Å². The summed E-state index contributed by atoms with van der Waals surface area (Å²) in [6.07, 6.45) is -0.352. The van der Waals surface area contributed by atoms with Gasteiger partial charge in [-0.15, -0.1) is 0 Å². The minimum Gasteiger partial charge on any atom is -0.396 e. The molecule has 0 radical (unpaired) electrons. The van der Waals surface area contributed by atoms with Crippen LogP contribution in [0.3, 0.4) is 0 Å². The van der Waals surface area contributed by atoms with Crippen molar-refractivity contribution in [2.24, 2.45) is 0 Å². The van der Waals surface area contributed by atoms with Gasteiger partial charge in [-0.2, -0.15) is 24.9 Å². The van der Waals surface area contributed by atoms with Gasteiger partial charge in [-0.1, -0.05) is 6.07 Å². The molecule has 0 spiro atoms. The fourth-order valence-electron chi connectivity index (χ4n) is 2.22. The van der Waals surface area contributed by atoms with E-state index in [9.17, 15) is 13.2 Å². The van der Waals surface area contributed by atoms with E-state index < -0.39 is 11.7 Å². The van der Waals surface area contributed by atoms with E-state index in [4.69, 9.17) is 5.11 Å². The minimum atomic E-state index is -4.38. The zero-order chi connectivity index (χ0) is 16.2. The number of halogens is 3. The van der Waals surface area contributed by atoms with E-state index in [-0.39, 0.29) is 12.6 Å². The van der Waals surface area contributed by atoms with Gasteiger partial charge < -0.3 is 10.4 Å². The molecule has 3 nitrogen and oxygen atoms in total. The van der Waals surface area contributed by atoms with Crippen molar-refractivity contribution in [3.05, 3.63) is 36.0 Å². The van der Waals surface area contributed by atoms with Crippen molar-refractivity contribution >= 4 is 28.4 Å². The van der Waals surface area contributed by atoms with E-state index in [1.54, 1.807) is 17.8 Å². The van der Waals surface area contributed by atoms with Gasteiger partial charge in [-0.05, 0) is 30.9 Å². The number of fused-ring (bicyclic) bond motifs is 1. The number of alkyl halides is 3. The highest BCUT2D eigenvalue weighted by atomic mass is 32.2. The van der Waals surface area contributed by atoms with Crippen LogP contribution in [0.15, 0.2) is 30.5 Å². The van der Waals surface area contributed by atoms with Crippen LogP contribution in [-0.4, -0.2) is 34.7 Å². The second kappa shape index (κ2) is 7.19. The number of aliphatic hydroxyl groups excluding tert-OH is 1. The van der Waals surface area contributed by atoms with Gasteiger partial charge in [0, 0.05) is 35.7 Å². The number of benzene rings is 1. The largest absolute Gasteiger partial charge is 0.416 e. The van der Waals surface area contributed by atoms with Crippen molar-refractivity contribution in [1.82, 2.24) is 4.98 Å². The fourth-order valence-corrected chi connectivity index (χ4v) is 2.88. The van der Waals surface area contributed by atoms with E-state index >= 15 is 0 Å². The van der Waals surface area contributed by atoms with Crippen LogP contribution >= 0.6 is 11.8 Å². The normalized spacial score (nSPS) is 13.3. The highest BCUT2D eigenvalue weighted by Gasteiger charge is 2.30. The number of nitrogens with one attached hydrogen (secondary N) is 1. The molecule has 0 fully saturated rings. The number of nitrogens with zero attached hydrogens (tertiary/aromatic N) is 1. The van der Waals surface area contributed by atoms with Crippen LogP contribution in [0.1, 0.15) is 12.0 Å². The molecule has 0 amide bonds. The Balaban J connectivity index is 2.34. The smallest absolute Gasteiger partial charge is 0.396 e. The number of hydrogen-bond donors (Lipinski definition) is 2. The van der Waals surface area contributed by atoms with Crippen LogP contribution in [-0.2, 0) is 6.18 Å². The maximum atomic E-state index is 12.8. The summed E-state index contributed by atoms with van der Waals surface area (Å²) in [5.41, 5.74) is 0.318. The first kappa shape index (κ1) is 16.9. The third-order valence-corrected chi connectivity index (χ3v) is 4.01. The van der Waals surface area contributed by atoms with E-state index in [1.807, 2.05) is 6.26 Å². The quantitative estimate of drug-likeness (QED) is 0.846. The monoisotopic (exact) mass is 330 g/mol. The van der Waals surface area contributed by atoms with Crippen molar-refractivity contribution in [2.45, 2.75) is 18.6 Å². The molecular weight excluding hydrogens is 313 g/mol. The average Bonchev–Trinajstić information content (AvgIpc) is 2.46. The van der Waals surface area contributed by atoms with Crippen molar-refractivity contribution < 1.29 is 18.3 Å². The van der Waals surface area contributed by atoms with Crippen LogP contribution in [0.2, 0.25) is 0 Å². The number of rotatable bonds is 6. The van der Waals surface area contributed by atoms with Gasteiger partial charge in [0.1, 0.15) is 0 Å². The summed E-state index contributed by atoms with van der Waals surface area (Å²) in [5.74, 6) is 0.797. The van der Waals surface area contributed by atoms with Crippen molar-refractivity contribution in [3.8, 4) is 0 Å². The minimum absolute atomic E-state index is 0.0490. The molecule has 1 unspecified atom stereocenters. The van der Waals surface area contributed by atoms with Crippen LogP contribution < -0.4 is 5.32 Å². The first-order valence-corrected chi connectivity index (χ1v) is 8.17. The Labute approximate surface area is 130 Å². The number of thioether (sulfide) groups is 1. The first-order chi connectivity index (χ1) is 10.5. The van der Waals surface area contributed by atoms with Gasteiger partial charge in [0.2, 0.25) is 0 Å². The molecule has 2 N–H and O–H groups in total. The van der Waals surface area contributed by atoms with Gasteiger partial charge in [0.15, 0.2) is 0 Å². The lowest BCUT2D eigenvalue weighted by atomic mass is 10.1. The second-order valence-corrected chi connectivity index (χ2v) is 5.81. The molecular formula is C15H17F3N2OS. The lowest BCUT2D eigenvalue weighted by molar-refractivity contribution is -0.137. The Morgan fingerprint density at radius 1 is 1.32 bits per heavy atom. The van der Waals surface area contributed by atoms with Gasteiger partial charge in [-0.3, -0.25) is 4.98 Å². The first-order valence-electron chi connectivity index (χ1n) is 6.78. The summed E-state index contributed by atoms with van der Waals surface area (Å²) in [5, 5.41) is 13.0. The molecule has 2 aromatic rings. The average molecular weight is 330 g/mol. The molecule has 1 aromatic heterocycles. The molecule has 0 aliphatic carbocycles. The Morgan fingerprint density at radius 2 is 2.09 bits per heavy atom. The Morgan fingerprint density at radius 3 is 2.73 bits per heavy atom. The molecule has 1 aromatic carbocycles. The molecule has 0 saturated carbocycles. The van der Waals surface area contributed by atoms with Gasteiger partial charge in [-0.25, -0.2) is 0 Å². The van der Waals surface area contributed by atoms with Crippen LogP contribution in [0.4, 0.5) is 18.9 Å². The number of aromatic nitrogens is 1. The number of aliphatic hydroxyl groups is 1. The SMILES string of the molecule is CSCC(CCO)Nc1ccnc2cc(C(F)(F)F)ccc12. The molecule has 0 bridgehead atoms. The zero-order valence-corrected chi connectivity index (χ0v) is 12.8. The standard InChI is InChI=1S/C15H17F3N2OS/c1-22-9-11(5-7-21)20-13-4-6-19-14-8-10(15(16,17)18)2-3-12(13)14/h2-4,6,8,11,21H,5,7,9H2,1H3,(H,19,20). The summed E-state index contributed by atoms with van der Waals surface area (Å²) < 4.78 is 38.3. The predicted octanol–water partition coefficient (Wildman–Crippen LogP) is 3.78. The maximum Gasteiger partial charge on any atom is 0.416 e. The fraction of sp³-hybridized carbons (Fsp3) is 0.400. The number of anilines is 1. The van der Waals surface area contributed by atoms with Crippen LogP contribution in [0.5, 0.6) is 0 Å². The zero-order valence-electron chi connectivity index (χ0n) is 12.0. The van der Waals surface area contributed by atoms with Crippen molar-refractivity contribution in [2.75, 3.05) is 23.9 Å². The number of pyridine rings is 1. The summed E-state index contributed by atoms with van der Waals surface area (Å²) in [4.78, 5) is 4.02. The molecule has 0 aliphatic heterocycles. The second-order valence-electron chi connectivity index (χ2n) is 4.90. The van der Waals surface area contributed by atoms with E-state index in [0.29, 0.717) is 17.3 Å². The Bertz CT molecular complexity index is 628. The molecule has 1 atom stereocenters. The van der Waals surface area contributed by atoms with E-state index in [0.717, 1.165) is 23.6 Å². The highest BCUT2D eigenvalue weighted by Crippen LogP contribution is 2.32. The van der Waals surface area contributed by atoms with Gasteiger partial charge >= 0.3 is 6.18 Å². The lowest BCUT2D eigenvalue weighted by Crippen LogP contribution is -2.23. The van der Waals surface area contributed by atoms with Crippen molar-refractivity contribution in [3.63, 3.8) is 0 Å². The van der Waals surface area contributed by atoms with Crippen molar-refractivity contribution in [1.29, 1.82) is 0 Å². The van der Waals surface area contributed by atoms with Gasteiger partial charge in [0.05, 0.1) is 11.1 Å². The number of hydrogen-bond acceptors (Lipinski definition) is 4. The third kappa shape index (κ3) is 4.04. The van der Waals surface area contributed by atoms with Crippen LogP contribution in [0.25, 0.3) is 10.9 Å². The summed E-state index contributed by atoms with van der Waals surface area (Å²) in [6, 6.07) is 5.33. The Kier molecular flexibility index (Phi) is 5.52. The topological polar surface area (TPSA) is 45.1 Å². The molecule has 7 heteroatoms. The molecule has 2 rings (SSSR count). The van der Waals surface area contributed by atoms with E-state index in [1.165, 1.54) is 12.3 Å². The Hall–Kier alpha value is -1.47. The lowest BCUT2D eigenvalue weighted by Gasteiger charge is -2.19. The molecule has 22 heavy (non-hydrogen) atoms. The summed E-state index contributed by atoms with van der Waals surface area (Å²) in [7, 11) is 0. The summed E-state index contributed by atoms with van der Waals surface area (Å²) >= 11 is 1.64. The van der Waals surface area contributed by atoms with Gasteiger partial charge in [0.25, 0.3) is 0 Å². The molecule has 120 valence electrons. The maximum absolute atomic E-state index is 12.8. The van der Waals surface area contributed by atoms with E-state index in [2.05, 4.69) is 10.3 Å². The molecule has 1 heterocycles. The molecule has 0 saturated heterocycles. The highest BCUT2D eigenvalue weighted by molar-refractivity contribution is 7.98. The third-order valence-electron chi connectivity index (χ3n) is 3.28.